The van der Waals surface area contributed by atoms with Crippen molar-refractivity contribution in [1.82, 2.24) is 10.6 Å². The molecule has 7 heteroatoms. The van der Waals surface area contributed by atoms with Gasteiger partial charge in [0.25, 0.3) is 5.91 Å². The topological polar surface area (TPSA) is 93.7 Å². The number of ether oxygens (including phenoxy) is 2. The van der Waals surface area contributed by atoms with E-state index in [-0.39, 0.29) is 18.4 Å². The molecule has 2 amide bonds. The number of carbonyl (C=O) groups is 3. The van der Waals surface area contributed by atoms with E-state index in [1.165, 1.54) is 12.1 Å². The second-order valence-corrected chi connectivity index (χ2v) is 6.25. The molecule has 1 aromatic carbocycles. The van der Waals surface area contributed by atoms with Crippen molar-refractivity contribution >= 4 is 18.0 Å². The average molecular weight is 376 g/mol. The molecule has 1 aromatic rings. The Morgan fingerprint density at radius 3 is 2.30 bits per heavy atom. The number of rotatable bonds is 9. The van der Waals surface area contributed by atoms with E-state index in [0.29, 0.717) is 36.7 Å². The van der Waals surface area contributed by atoms with Gasteiger partial charge in [0, 0.05) is 24.7 Å². The Kier molecular flexibility index (Phi) is 9.64. The second-order valence-electron chi connectivity index (χ2n) is 6.25. The van der Waals surface area contributed by atoms with Gasteiger partial charge in [0.1, 0.15) is 5.75 Å². The molecule has 0 aliphatic heterocycles. The maximum atomic E-state index is 12.1. The highest BCUT2D eigenvalue weighted by Crippen LogP contribution is 2.13. The van der Waals surface area contributed by atoms with Gasteiger partial charge in [0.15, 0.2) is 0 Å². The first-order chi connectivity index (χ1) is 12.8. The molecule has 27 heavy (non-hydrogen) atoms. The minimum atomic E-state index is -0.782. The lowest BCUT2D eigenvalue weighted by Crippen LogP contribution is -2.29. The summed E-state index contributed by atoms with van der Waals surface area (Å²) in [5, 5.41) is 5.57. The number of nitrogens with one attached hydrogen (secondary N) is 2. The Morgan fingerprint density at radius 1 is 1.07 bits per heavy atom. The van der Waals surface area contributed by atoms with Crippen molar-refractivity contribution < 1.29 is 23.9 Å². The Balaban J connectivity index is 2.31. The van der Waals surface area contributed by atoms with E-state index in [1.807, 2.05) is 20.8 Å². The van der Waals surface area contributed by atoms with Crippen LogP contribution >= 0.6 is 0 Å². The van der Waals surface area contributed by atoms with Gasteiger partial charge in [-0.2, -0.15) is 0 Å². The van der Waals surface area contributed by atoms with Gasteiger partial charge in [0.05, 0.1) is 6.61 Å². The third-order valence-corrected chi connectivity index (χ3v) is 3.79. The number of amides is 2. The summed E-state index contributed by atoms with van der Waals surface area (Å²) in [6, 6.07) is 6.17. The van der Waals surface area contributed by atoms with Crippen molar-refractivity contribution in [2.24, 2.45) is 5.92 Å². The van der Waals surface area contributed by atoms with Gasteiger partial charge in [-0.05, 0) is 50.5 Å². The summed E-state index contributed by atoms with van der Waals surface area (Å²) in [5.74, 6) is 0.283. The Bertz CT molecular complexity index is 665. The fraction of sp³-hybridized carbons (Fsp3) is 0.450. The lowest BCUT2D eigenvalue weighted by Gasteiger charge is -2.08. The standard InChI is InChI=1S/C20H28N2O5/c1-5-26-20(25)27-17-9-7-16(8-10-17)19(24)22-12-6-11-21-18(23)13-15(4)14(2)3/h7-10,13-14H,5-6,11-12H2,1-4H3,(H,21,23)(H,22,24)/b15-13+. The molecule has 0 bridgehead atoms. The zero-order valence-corrected chi connectivity index (χ0v) is 16.3. The smallest absolute Gasteiger partial charge is 0.434 e. The molecule has 0 fully saturated rings. The predicted molar refractivity (Wildman–Crippen MR) is 103 cm³/mol. The third-order valence-electron chi connectivity index (χ3n) is 3.79. The van der Waals surface area contributed by atoms with E-state index in [1.54, 1.807) is 25.1 Å². The summed E-state index contributed by atoms with van der Waals surface area (Å²) in [6.45, 7) is 8.82. The van der Waals surface area contributed by atoms with Crippen LogP contribution in [-0.4, -0.2) is 37.7 Å². The first kappa shape index (κ1) is 22.2. The van der Waals surface area contributed by atoms with Crippen molar-refractivity contribution in [3.8, 4) is 5.75 Å². The zero-order chi connectivity index (χ0) is 20.2. The molecule has 0 heterocycles. The van der Waals surface area contributed by atoms with Gasteiger partial charge >= 0.3 is 6.16 Å². The van der Waals surface area contributed by atoms with Gasteiger partial charge in [-0.25, -0.2) is 4.79 Å². The molecule has 0 atom stereocenters. The molecule has 0 aromatic heterocycles. The molecule has 7 nitrogen and oxygen atoms in total. The molecule has 0 saturated heterocycles. The quantitative estimate of drug-likeness (QED) is 0.299. The van der Waals surface area contributed by atoms with Crippen LogP contribution in [0.4, 0.5) is 4.79 Å². The number of hydrogen-bond acceptors (Lipinski definition) is 5. The molecule has 2 N–H and O–H groups in total. The molecule has 0 aliphatic rings. The zero-order valence-electron chi connectivity index (χ0n) is 16.3. The fourth-order valence-corrected chi connectivity index (χ4v) is 1.95. The highest BCUT2D eigenvalue weighted by Gasteiger charge is 2.08. The van der Waals surface area contributed by atoms with Crippen molar-refractivity contribution in [2.75, 3.05) is 19.7 Å². The summed E-state index contributed by atoms with van der Waals surface area (Å²) < 4.78 is 9.60. The number of benzene rings is 1. The van der Waals surface area contributed by atoms with Crippen LogP contribution in [0.1, 0.15) is 44.5 Å². The average Bonchev–Trinajstić information content (AvgIpc) is 2.61. The monoisotopic (exact) mass is 376 g/mol. The van der Waals surface area contributed by atoms with Crippen LogP contribution in [0.3, 0.4) is 0 Å². The normalized spacial score (nSPS) is 11.1. The summed E-state index contributed by atoms with van der Waals surface area (Å²) in [7, 11) is 0. The largest absolute Gasteiger partial charge is 0.513 e. The van der Waals surface area contributed by atoms with Crippen LogP contribution in [0.15, 0.2) is 35.9 Å². The van der Waals surface area contributed by atoms with E-state index in [9.17, 15) is 14.4 Å². The summed E-state index contributed by atoms with van der Waals surface area (Å²) in [5.41, 5.74) is 1.47. The maximum absolute atomic E-state index is 12.1. The third kappa shape index (κ3) is 8.89. The maximum Gasteiger partial charge on any atom is 0.513 e. The molecule has 0 aliphatic carbocycles. The van der Waals surface area contributed by atoms with Gasteiger partial charge < -0.3 is 20.1 Å². The van der Waals surface area contributed by atoms with Crippen molar-refractivity contribution in [2.45, 2.75) is 34.1 Å². The van der Waals surface area contributed by atoms with E-state index >= 15 is 0 Å². The fourth-order valence-electron chi connectivity index (χ4n) is 1.95. The van der Waals surface area contributed by atoms with E-state index in [0.717, 1.165) is 5.57 Å². The first-order valence-electron chi connectivity index (χ1n) is 9.02. The van der Waals surface area contributed by atoms with Gasteiger partial charge in [-0.15, -0.1) is 0 Å². The Hall–Kier alpha value is -2.83. The van der Waals surface area contributed by atoms with E-state index in [4.69, 9.17) is 4.74 Å². The highest BCUT2D eigenvalue weighted by molar-refractivity contribution is 5.94. The van der Waals surface area contributed by atoms with Crippen molar-refractivity contribution in [1.29, 1.82) is 0 Å². The van der Waals surface area contributed by atoms with Crippen LogP contribution in [-0.2, 0) is 9.53 Å². The molecule has 148 valence electrons. The second kappa shape index (κ2) is 11.7. The predicted octanol–water partition coefficient (Wildman–Crippen LogP) is 3.06. The summed E-state index contributed by atoms with van der Waals surface area (Å²) in [6.07, 6.45) is 1.44. The van der Waals surface area contributed by atoms with Gasteiger partial charge in [-0.3, -0.25) is 9.59 Å². The van der Waals surface area contributed by atoms with Crippen molar-refractivity contribution in [3.63, 3.8) is 0 Å². The van der Waals surface area contributed by atoms with Crippen LogP contribution in [0, 0.1) is 5.92 Å². The molecule has 0 radical (unpaired) electrons. The van der Waals surface area contributed by atoms with E-state index in [2.05, 4.69) is 15.4 Å². The highest BCUT2D eigenvalue weighted by atomic mass is 16.7. The van der Waals surface area contributed by atoms with Crippen LogP contribution in [0.25, 0.3) is 0 Å². The van der Waals surface area contributed by atoms with Crippen LogP contribution in [0.5, 0.6) is 5.75 Å². The van der Waals surface area contributed by atoms with E-state index < -0.39 is 6.16 Å². The van der Waals surface area contributed by atoms with Gasteiger partial charge in [-0.1, -0.05) is 19.4 Å². The minimum Gasteiger partial charge on any atom is -0.434 e. The lowest BCUT2D eigenvalue weighted by atomic mass is 10.1. The number of allylic oxidation sites excluding steroid dienone is 1. The minimum absolute atomic E-state index is 0.121. The molecular formula is C20H28N2O5. The molecular weight excluding hydrogens is 348 g/mol. The van der Waals surface area contributed by atoms with Gasteiger partial charge in [0.2, 0.25) is 5.91 Å². The first-order valence-corrected chi connectivity index (χ1v) is 9.02. The summed E-state index contributed by atoms with van der Waals surface area (Å²) >= 11 is 0. The summed E-state index contributed by atoms with van der Waals surface area (Å²) in [4.78, 5) is 35.0. The van der Waals surface area contributed by atoms with Crippen molar-refractivity contribution in [3.05, 3.63) is 41.5 Å². The Morgan fingerprint density at radius 2 is 1.70 bits per heavy atom. The molecule has 0 spiro atoms. The lowest BCUT2D eigenvalue weighted by molar-refractivity contribution is -0.116. The van der Waals surface area contributed by atoms with Crippen LogP contribution in [0.2, 0.25) is 0 Å². The molecule has 0 saturated carbocycles. The number of carbonyl (C=O) groups excluding carboxylic acids is 3. The van der Waals surface area contributed by atoms with Crippen LogP contribution < -0.4 is 15.4 Å². The SMILES string of the molecule is CCOC(=O)Oc1ccc(C(=O)NCCCNC(=O)/C=C(\C)C(C)C)cc1. The molecule has 0 unspecified atom stereocenters. The Labute approximate surface area is 160 Å². The number of hydrogen-bond donors (Lipinski definition) is 2. The molecule has 1 rings (SSSR count).